The molecular weight excluding hydrogens is 416 g/mol. The standard InChI is InChI=1S/C32H46O2/c1-3-5-7-9-11-13-15-26-17-19-27(20-18-26)28-21-23-29(24-22-28)31-25-30(32(33)34-31)16-14-12-10-8-6-4-2/h17-24,30-31H,3-16,25H2,1-2H3. The summed E-state index contributed by atoms with van der Waals surface area (Å²) in [4.78, 5) is 12.4. The van der Waals surface area contributed by atoms with Gasteiger partial charge in [0.2, 0.25) is 0 Å². The number of cyclic esters (lactones) is 1. The number of carbonyl (C=O) groups is 1. The lowest BCUT2D eigenvalue weighted by Gasteiger charge is -2.11. The zero-order valence-electron chi connectivity index (χ0n) is 21.7. The van der Waals surface area contributed by atoms with Crippen molar-refractivity contribution >= 4 is 5.97 Å². The van der Waals surface area contributed by atoms with Gasteiger partial charge in [0.15, 0.2) is 0 Å². The van der Waals surface area contributed by atoms with Crippen LogP contribution in [0, 0.1) is 5.92 Å². The summed E-state index contributed by atoms with van der Waals surface area (Å²) in [6.07, 6.45) is 18.6. The van der Waals surface area contributed by atoms with Gasteiger partial charge in [0.1, 0.15) is 6.10 Å². The molecule has 0 aliphatic carbocycles. The van der Waals surface area contributed by atoms with Crippen LogP contribution in [0.4, 0.5) is 0 Å². The first-order chi connectivity index (χ1) is 16.7. The summed E-state index contributed by atoms with van der Waals surface area (Å²) >= 11 is 0. The number of rotatable bonds is 16. The van der Waals surface area contributed by atoms with Crippen LogP contribution < -0.4 is 0 Å². The fraction of sp³-hybridized carbons (Fsp3) is 0.594. The highest BCUT2D eigenvalue weighted by atomic mass is 16.6. The number of aryl methyl sites for hydroxylation is 1. The highest BCUT2D eigenvalue weighted by molar-refractivity contribution is 5.75. The summed E-state index contributed by atoms with van der Waals surface area (Å²) in [7, 11) is 0. The van der Waals surface area contributed by atoms with E-state index in [4.69, 9.17) is 4.74 Å². The summed E-state index contributed by atoms with van der Waals surface area (Å²) in [5.41, 5.74) is 5.04. The molecule has 186 valence electrons. The Kier molecular flexibility index (Phi) is 11.7. The minimum atomic E-state index is -0.0775. The Hall–Kier alpha value is -2.09. The highest BCUT2D eigenvalue weighted by Crippen LogP contribution is 2.36. The van der Waals surface area contributed by atoms with Gasteiger partial charge in [-0.25, -0.2) is 0 Å². The van der Waals surface area contributed by atoms with Crippen molar-refractivity contribution in [1.82, 2.24) is 0 Å². The Morgan fingerprint density at radius 3 is 1.82 bits per heavy atom. The van der Waals surface area contributed by atoms with Crippen LogP contribution in [0.3, 0.4) is 0 Å². The molecule has 34 heavy (non-hydrogen) atoms. The van der Waals surface area contributed by atoms with E-state index in [1.807, 2.05) is 0 Å². The second-order valence-electron chi connectivity index (χ2n) is 10.3. The zero-order chi connectivity index (χ0) is 24.0. The van der Waals surface area contributed by atoms with Crippen LogP contribution in [-0.4, -0.2) is 5.97 Å². The molecule has 2 heteroatoms. The van der Waals surface area contributed by atoms with Crippen LogP contribution >= 0.6 is 0 Å². The number of hydrogen-bond acceptors (Lipinski definition) is 2. The summed E-state index contributed by atoms with van der Waals surface area (Å²) in [6, 6.07) is 17.7. The van der Waals surface area contributed by atoms with Crippen molar-refractivity contribution in [3.63, 3.8) is 0 Å². The first-order valence-corrected chi connectivity index (χ1v) is 14.1. The first-order valence-electron chi connectivity index (χ1n) is 14.1. The van der Waals surface area contributed by atoms with Crippen LogP contribution in [-0.2, 0) is 16.0 Å². The molecule has 2 atom stereocenters. The van der Waals surface area contributed by atoms with Crippen molar-refractivity contribution in [2.75, 3.05) is 0 Å². The number of ether oxygens (including phenoxy) is 1. The van der Waals surface area contributed by atoms with Crippen molar-refractivity contribution < 1.29 is 9.53 Å². The van der Waals surface area contributed by atoms with E-state index in [0.717, 1.165) is 24.8 Å². The molecule has 2 aromatic rings. The fourth-order valence-corrected chi connectivity index (χ4v) is 5.11. The Labute approximate surface area is 208 Å². The van der Waals surface area contributed by atoms with Gasteiger partial charge in [0.25, 0.3) is 0 Å². The van der Waals surface area contributed by atoms with E-state index in [1.165, 1.54) is 93.7 Å². The molecule has 1 heterocycles. The Balaban J connectivity index is 1.43. The molecule has 0 saturated carbocycles. The van der Waals surface area contributed by atoms with Crippen LogP contribution in [0.25, 0.3) is 11.1 Å². The molecule has 3 rings (SSSR count). The molecule has 1 aliphatic heterocycles. The molecule has 0 bridgehead atoms. The lowest BCUT2D eigenvalue weighted by atomic mass is 9.94. The zero-order valence-corrected chi connectivity index (χ0v) is 21.7. The van der Waals surface area contributed by atoms with Gasteiger partial charge in [0.05, 0.1) is 5.92 Å². The van der Waals surface area contributed by atoms with Crippen LogP contribution in [0.2, 0.25) is 0 Å². The van der Waals surface area contributed by atoms with Gasteiger partial charge in [-0.1, -0.05) is 133 Å². The molecule has 2 unspecified atom stereocenters. The molecule has 0 aromatic heterocycles. The van der Waals surface area contributed by atoms with E-state index < -0.39 is 0 Å². The third kappa shape index (κ3) is 8.60. The lowest BCUT2D eigenvalue weighted by molar-refractivity contribution is -0.144. The van der Waals surface area contributed by atoms with E-state index in [1.54, 1.807) is 0 Å². The van der Waals surface area contributed by atoms with Gasteiger partial charge < -0.3 is 4.74 Å². The quantitative estimate of drug-likeness (QED) is 0.183. The van der Waals surface area contributed by atoms with Crippen molar-refractivity contribution in [2.45, 2.75) is 116 Å². The van der Waals surface area contributed by atoms with Crippen molar-refractivity contribution in [1.29, 1.82) is 0 Å². The molecule has 1 fully saturated rings. The highest BCUT2D eigenvalue weighted by Gasteiger charge is 2.34. The number of esters is 1. The number of benzene rings is 2. The third-order valence-electron chi connectivity index (χ3n) is 7.39. The summed E-state index contributed by atoms with van der Waals surface area (Å²) < 4.78 is 5.75. The molecule has 0 radical (unpaired) electrons. The van der Waals surface area contributed by atoms with E-state index in [9.17, 15) is 4.79 Å². The minimum Gasteiger partial charge on any atom is -0.457 e. The van der Waals surface area contributed by atoms with Gasteiger partial charge in [-0.05, 0) is 41.5 Å². The number of unbranched alkanes of at least 4 members (excludes halogenated alkanes) is 10. The fourth-order valence-electron chi connectivity index (χ4n) is 5.11. The summed E-state index contributed by atoms with van der Waals surface area (Å²) in [6.45, 7) is 4.51. The minimum absolute atomic E-state index is 0.00332. The smallest absolute Gasteiger partial charge is 0.309 e. The average molecular weight is 463 g/mol. The third-order valence-corrected chi connectivity index (χ3v) is 7.39. The molecule has 1 saturated heterocycles. The number of hydrogen-bond donors (Lipinski definition) is 0. The topological polar surface area (TPSA) is 26.3 Å². The monoisotopic (exact) mass is 462 g/mol. The molecular formula is C32H46O2. The van der Waals surface area contributed by atoms with E-state index in [-0.39, 0.29) is 18.0 Å². The molecule has 0 amide bonds. The van der Waals surface area contributed by atoms with Crippen LogP contribution in [0.15, 0.2) is 48.5 Å². The predicted molar refractivity (Wildman–Crippen MR) is 144 cm³/mol. The van der Waals surface area contributed by atoms with Crippen molar-refractivity contribution in [3.05, 3.63) is 59.7 Å². The predicted octanol–water partition coefficient (Wildman–Crippen LogP) is 9.61. The Morgan fingerprint density at radius 2 is 1.21 bits per heavy atom. The second kappa shape index (κ2) is 15.0. The maximum atomic E-state index is 12.4. The molecule has 2 aromatic carbocycles. The molecule has 0 N–H and O–H groups in total. The van der Waals surface area contributed by atoms with E-state index in [0.29, 0.717) is 0 Å². The van der Waals surface area contributed by atoms with Crippen molar-refractivity contribution in [3.8, 4) is 11.1 Å². The Morgan fingerprint density at radius 1 is 0.676 bits per heavy atom. The average Bonchev–Trinajstić information content (AvgIpc) is 3.24. The lowest BCUT2D eigenvalue weighted by Crippen LogP contribution is -2.06. The van der Waals surface area contributed by atoms with Gasteiger partial charge in [-0.15, -0.1) is 0 Å². The Bertz CT molecular complexity index is 821. The first kappa shape index (κ1) is 26.5. The van der Waals surface area contributed by atoms with Gasteiger partial charge >= 0.3 is 5.97 Å². The number of carbonyl (C=O) groups excluding carboxylic acids is 1. The maximum Gasteiger partial charge on any atom is 0.309 e. The molecule has 2 nitrogen and oxygen atoms in total. The van der Waals surface area contributed by atoms with Gasteiger partial charge in [-0.3, -0.25) is 4.79 Å². The van der Waals surface area contributed by atoms with E-state index in [2.05, 4.69) is 62.4 Å². The summed E-state index contributed by atoms with van der Waals surface area (Å²) in [5.74, 6) is 0.0821. The van der Waals surface area contributed by atoms with Gasteiger partial charge in [0, 0.05) is 6.42 Å². The molecule has 1 aliphatic rings. The molecule has 0 spiro atoms. The largest absolute Gasteiger partial charge is 0.457 e. The summed E-state index contributed by atoms with van der Waals surface area (Å²) in [5, 5.41) is 0. The van der Waals surface area contributed by atoms with Crippen LogP contribution in [0.1, 0.15) is 121 Å². The SMILES string of the molecule is CCCCCCCCc1ccc(-c2ccc(C3CC(CCCCCCCC)C(=O)O3)cc2)cc1. The second-order valence-corrected chi connectivity index (χ2v) is 10.3. The van der Waals surface area contributed by atoms with Gasteiger partial charge in [-0.2, -0.15) is 0 Å². The normalized spacial score (nSPS) is 17.8. The van der Waals surface area contributed by atoms with Crippen LogP contribution in [0.5, 0.6) is 0 Å². The van der Waals surface area contributed by atoms with E-state index >= 15 is 0 Å². The maximum absolute atomic E-state index is 12.4. The van der Waals surface area contributed by atoms with Crippen molar-refractivity contribution in [2.24, 2.45) is 5.92 Å².